The number of likely N-dealkylation sites (tertiary alicyclic amines) is 1. The number of nitrogens with zero attached hydrogens (tertiary/aromatic N) is 3. The summed E-state index contributed by atoms with van der Waals surface area (Å²) in [4.78, 5) is 35.2. The summed E-state index contributed by atoms with van der Waals surface area (Å²) in [6, 6.07) is 5.66. The number of hydrogen-bond acceptors (Lipinski definition) is 5. The molecule has 0 unspecified atom stereocenters. The Hall–Kier alpha value is -2.28. The van der Waals surface area contributed by atoms with Gasteiger partial charge in [-0.2, -0.15) is 0 Å². The summed E-state index contributed by atoms with van der Waals surface area (Å²) in [5, 5.41) is 6.12. The molecule has 1 saturated heterocycles. The predicted octanol–water partition coefficient (Wildman–Crippen LogP) is 2.20. The molecule has 6 nitrogen and oxygen atoms in total. The maximum atomic E-state index is 12.5. The van der Waals surface area contributed by atoms with E-state index in [0.717, 1.165) is 29.2 Å². The van der Waals surface area contributed by atoms with Gasteiger partial charge >= 0.3 is 0 Å². The minimum atomic E-state index is -0.154. The Kier molecular flexibility index (Phi) is 6.33. The van der Waals surface area contributed by atoms with Crippen LogP contribution in [0.1, 0.15) is 36.2 Å². The van der Waals surface area contributed by atoms with E-state index in [2.05, 4.69) is 27.6 Å². The zero-order valence-electron chi connectivity index (χ0n) is 15.0. The number of carbonyl (C=O) groups is 2. The third kappa shape index (κ3) is 4.88. The molecule has 0 radical (unpaired) electrons. The van der Waals surface area contributed by atoms with Gasteiger partial charge in [0.15, 0.2) is 0 Å². The maximum Gasteiger partial charge on any atom is 0.224 e. The first-order valence-corrected chi connectivity index (χ1v) is 9.92. The lowest BCUT2D eigenvalue weighted by Gasteiger charge is -2.31. The Morgan fingerprint density at radius 2 is 2.27 bits per heavy atom. The number of aromatic nitrogens is 2. The lowest BCUT2D eigenvalue weighted by Crippen LogP contribution is -2.45. The smallest absolute Gasteiger partial charge is 0.224 e. The molecular formula is C19H24N4O2S. The van der Waals surface area contributed by atoms with Gasteiger partial charge in [0.25, 0.3) is 0 Å². The van der Waals surface area contributed by atoms with Gasteiger partial charge in [0.05, 0.1) is 28.9 Å². The van der Waals surface area contributed by atoms with Crippen LogP contribution in [-0.2, 0) is 29.0 Å². The van der Waals surface area contributed by atoms with Gasteiger partial charge in [-0.25, -0.2) is 4.98 Å². The van der Waals surface area contributed by atoms with Crippen LogP contribution in [0.2, 0.25) is 0 Å². The molecule has 0 spiro atoms. The monoisotopic (exact) mass is 372 g/mol. The first-order chi connectivity index (χ1) is 12.7. The van der Waals surface area contributed by atoms with Crippen LogP contribution in [0, 0.1) is 5.92 Å². The van der Waals surface area contributed by atoms with E-state index in [4.69, 9.17) is 0 Å². The minimum absolute atomic E-state index is 0.0239. The van der Waals surface area contributed by atoms with Crippen LogP contribution in [0.3, 0.4) is 0 Å². The number of thiazole rings is 1. The van der Waals surface area contributed by atoms with Crippen LogP contribution in [0.25, 0.3) is 0 Å². The molecule has 1 atom stereocenters. The fourth-order valence-corrected chi connectivity index (χ4v) is 3.91. The Labute approximate surface area is 157 Å². The van der Waals surface area contributed by atoms with Gasteiger partial charge < -0.3 is 10.2 Å². The summed E-state index contributed by atoms with van der Waals surface area (Å²) in [5.74, 6) is -0.0377. The van der Waals surface area contributed by atoms with Crippen LogP contribution >= 0.6 is 11.3 Å². The topological polar surface area (TPSA) is 75.2 Å². The average molecular weight is 372 g/mol. The van der Waals surface area contributed by atoms with Crippen molar-refractivity contribution in [2.75, 3.05) is 13.1 Å². The van der Waals surface area contributed by atoms with E-state index in [1.807, 2.05) is 18.2 Å². The number of amides is 2. The van der Waals surface area contributed by atoms with E-state index in [1.54, 1.807) is 22.4 Å². The lowest BCUT2D eigenvalue weighted by atomic mass is 9.96. The molecule has 26 heavy (non-hydrogen) atoms. The number of aryl methyl sites for hydroxylation is 1. The molecular weight excluding hydrogens is 348 g/mol. The number of hydrogen-bond donors (Lipinski definition) is 1. The molecule has 0 saturated carbocycles. The van der Waals surface area contributed by atoms with Crippen LogP contribution in [0.5, 0.6) is 0 Å². The van der Waals surface area contributed by atoms with E-state index >= 15 is 0 Å². The Balaban J connectivity index is 1.48. The highest BCUT2D eigenvalue weighted by Crippen LogP contribution is 2.19. The lowest BCUT2D eigenvalue weighted by molar-refractivity contribution is -0.138. The number of pyridine rings is 1. The highest BCUT2D eigenvalue weighted by Gasteiger charge is 2.30. The van der Waals surface area contributed by atoms with Crippen molar-refractivity contribution in [1.82, 2.24) is 20.2 Å². The van der Waals surface area contributed by atoms with Crippen LogP contribution in [0.4, 0.5) is 0 Å². The van der Waals surface area contributed by atoms with Crippen molar-refractivity contribution in [2.24, 2.45) is 5.92 Å². The Bertz CT molecular complexity index is 747. The fraction of sp³-hybridized carbons (Fsp3) is 0.474. The summed E-state index contributed by atoms with van der Waals surface area (Å²) in [7, 11) is 0. The molecule has 0 aromatic carbocycles. The molecule has 3 heterocycles. The Morgan fingerprint density at radius 3 is 3.00 bits per heavy atom. The predicted molar refractivity (Wildman–Crippen MR) is 101 cm³/mol. The first-order valence-electron chi connectivity index (χ1n) is 9.04. The second-order valence-corrected chi connectivity index (χ2v) is 7.40. The SMILES string of the molecule is CCc1csc(CCNC(=O)[C@@H]2CCC(=O)N(Cc3ccccn3)C2)n1. The molecule has 2 aromatic rings. The van der Waals surface area contributed by atoms with E-state index in [1.165, 1.54) is 0 Å². The largest absolute Gasteiger partial charge is 0.355 e. The summed E-state index contributed by atoms with van der Waals surface area (Å²) < 4.78 is 0. The number of carbonyl (C=O) groups excluding carboxylic acids is 2. The number of rotatable bonds is 7. The van der Waals surface area contributed by atoms with Crippen molar-refractivity contribution in [1.29, 1.82) is 0 Å². The van der Waals surface area contributed by atoms with Gasteiger partial charge in [-0.05, 0) is 25.0 Å². The van der Waals surface area contributed by atoms with Crippen molar-refractivity contribution in [3.63, 3.8) is 0 Å². The molecule has 3 rings (SSSR count). The fourth-order valence-electron chi connectivity index (χ4n) is 3.03. The number of piperidine rings is 1. The second kappa shape index (κ2) is 8.89. The third-order valence-electron chi connectivity index (χ3n) is 4.55. The normalized spacial score (nSPS) is 17.3. The molecule has 7 heteroatoms. The Morgan fingerprint density at radius 1 is 1.38 bits per heavy atom. The number of nitrogens with one attached hydrogen (secondary N) is 1. The van der Waals surface area contributed by atoms with Gasteiger partial charge in [-0.3, -0.25) is 14.6 Å². The van der Waals surface area contributed by atoms with Crippen molar-refractivity contribution in [3.8, 4) is 0 Å². The zero-order chi connectivity index (χ0) is 18.4. The van der Waals surface area contributed by atoms with E-state index in [0.29, 0.717) is 32.5 Å². The van der Waals surface area contributed by atoms with E-state index in [-0.39, 0.29) is 17.7 Å². The summed E-state index contributed by atoms with van der Waals surface area (Å²) >= 11 is 1.64. The summed E-state index contributed by atoms with van der Waals surface area (Å²) in [5.41, 5.74) is 1.95. The molecule has 0 aliphatic carbocycles. The van der Waals surface area contributed by atoms with E-state index < -0.39 is 0 Å². The van der Waals surface area contributed by atoms with Crippen molar-refractivity contribution in [3.05, 3.63) is 46.2 Å². The third-order valence-corrected chi connectivity index (χ3v) is 5.51. The standard InChI is InChI=1S/C19H24N4O2S/c1-2-15-13-26-17(22-15)8-10-21-19(25)14-6-7-18(24)23(11-14)12-16-5-3-4-9-20-16/h3-5,9,13-14H,2,6-8,10-12H2,1H3,(H,21,25)/t14-/m1/s1. The summed E-state index contributed by atoms with van der Waals surface area (Å²) in [6.45, 7) is 3.59. The van der Waals surface area contributed by atoms with Crippen molar-refractivity contribution in [2.45, 2.75) is 39.2 Å². The van der Waals surface area contributed by atoms with Crippen LogP contribution in [-0.4, -0.2) is 39.8 Å². The molecule has 0 bridgehead atoms. The van der Waals surface area contributed by atoms with Crippen molar-refractivity contribution >= 4 is 23.2 Å². The molecule has 1 fully saturated rings. The van der Waals surface area contributed by atoms with Gasteiger partial charge in [0, 0.05) is 37.5 Å². The van der Waals surface area contributed by atoms with E-state index in [9.17, 15) is 9.59 Å². The average Bonchev–Trinajstić information content (AvgIpc) is 3.12. The first kappa shape index (κ1) is 18.5. The van der Waals surface area contributed by atoms with Gasteiger partial charge in [0.2, 0.25) is 11.8 Å². The zero-order valence-corrected chi connectivity index (χ0v) is 15.8. The molecule has 1 aliphatic rings. The second-order valence-electron chi connectivity index (χ2n) is 6.46. The van der Waals surface area contributed by atoms with Crippen LogP contribution in [0.15, 0.2) is 29.8 Å². The molecule has 1 N–H and O–H groups in total. The molecule has 2 amide bonds. The molecule has 138 valence electrons. The highest BCUT2D eigenvalue weighted by atomic mass is 32.1. The maximum absolute atomic E-state index is 12.5. The quantitative estimate of drug-likeness (QED) is 0.808. The molecule has 2 aromatic heterocycles. The highest BCUT2D eigenvalue weighted by molar-refractivity contribution is 7.09. The summed E-state index contributed by atoms with van der Waals surface area (Å²) in [6.07, 6.45) is 4.43. The van der Waals surface area contributed by atoms with Gasteiger partial charge in [-0.1, -0.05) is 13.0 Å². The molecule has 1 aliphatic heterocycles. The minimum Gasteiger partial charge on any atom is -0.355 e. The van der Waals surface area contributed by atoms with Gasteiger partial charge in [0.1, 0.15) is 0 Å². The van der Waals surface area contributed by atoms with Crippen LogP contribution < -0.4 is 5.32 Å². The van der Waals surface area contributed by atoms with Crippen molar-refractivity contribution < 1.29 is 9.59 Å². The van der Waals surface area contributed by atoms with Gasteiger partial charge in [-0.15, -0.1) is 11.3 Å².